The Labute approximate surface area is 155 Å². The molecule has 0 radical (unpaired) electrons. The minimum absolute atomic E-state index is 0.0724. The molecule has 0 N–H and O–H groups in total. The van der Waals surface area contributed by atoms with Gasteiger partial charge in [-0.05, 0) is 44.9 Å². The highest BCUT2D eigenvalue weighted by atomic mass is 16.5. The van der Waals surface area contributed by atoms with Crippen LogP contribution in [0.4, 0.5) is 5.82 Å². The molecule has 2 unspecified atom stereocenters. The standard InChI is InChI=1S/C20H29N3O3/c1-4-15(5-2)23-19-16(12-21-23)18(24)11-17(22-19)13-8-7-9-14(10-13)20(25)26-6-3/h12-15H,4-11H2,1-3H3. The van der Waals surface area contributed by atoms with E-state index in [2.05, 4.69) is 18.9 Å². The third kappa shape index (κ3) is 3.60. The smallest absolute Gasteiger partial charge is 0.308 e. The molecule has 26 heavy (non-hydrogen) atoms. The number of carbonyl (C=O) groups excluding carboxylic acids is 2. The zero-order valence-corrected chi connectivity index (χ0v) is 16.0. The average molecular weight is 359 g/mol. The number of rotatable bonds is 6. The van der Waals surface area contributed by atoms with Gasteiger partial charge in [0.15, 0.2) is 11.6 Å². The van der Waals surface area contributed by atoms with Crippen LogP contribution in [-0.4, -0.2) is 33.9 Å². The van der Waals surface area contributed by atoms with Crippen molar-refractivity contribution in [1.29, 1.82) is 0 Å². The van der Waals surface area contributed by atoms with Crippen molar-refractivity contribution < 1.29 is 14.3 Å². The number of fused-ring (bicyclic) bond motifs is 1. The Morgan fingerprint density at radius 3 is 2.77 bits per heavy atom. The summed E-state index contributed by atoms with van der Waals surface area (Å²) in [4.78, 5) is 29.6. The molecule has 2 aliphatic rings. The minimum atomic E-state index is -0.109. The summed E-state index contributed by atoms with van der Waals surface area (Å²) >= 11 is 0. The highest BCUT2D eigenvalue weighted by Gasteiger charge is 2.34. The van der Waals surface area contributed by atoms with Gasteiger partial charge >= 0.3 is 5.97 Å². The number of Topliss-reactive ketones (excluding diaryl/α,β-unsaturated/α-hetero) is 1. The molecule has 3 rings (SSSR count). The molecule has 6 nitrogen and oxygen atoms in total. The molecule has 0 aromatic carbocycles. The van der Waals surface area contributed by atoms with E-state index < -0.39 is 0 Å². The number of ketones is 1. The van der Waals surface area contributed by atoms with Gasteiger partial charge in [-0.15, -0.1) is 0 Å². The van der Waals surface area contributed by atoms with E-state index in [9.17, 15) is 9.59 Å². The average Bonchev–Trinajstić information content (AvgIpc) is 3.08. The van der Waals surface area contributed by atoms with Crippen molar-refractivity contribution in [2.75, 3.05) is 6.61 Å². The van der Waals surface area contributed by atoms with Gasteiger partial charge in [0, 0.05) is 5.71 Å². The van der Waals surface area contributed by atoms with Gasteiger partial charge < -0.3 is 4.74 Å². The molecular weight excluding hydrogens is 330 g/mol. The van der Waals surface area contributed by atoms with E-state index in [-0.39, 0.29) is 29.6 Å². The summed E-state index contributed by atoms with van der Waals surface area (Å²) in [6.07, 6.45) is 7.49. The highest BCUT2D eigenvalue weighted by molar-refractivity contribution is 6.15. The molecule has 1 fully saturated rings. The van der Waals surface area contributed by atoms with Gasteiger partial charge in [0.2, 0.25) is 0 Å². The van der Waals surface area contributed by atoms with Gasteiger partial charge in [0.1, 0.15) is 0 Å². The fraction of sp³-hybridized carbons (Fsp3) is 0.700. The third-order valence-electron chi connectivity index (χ3n) is 5.71. The van der Waals surface area contributed by atoms with Crippen molar-refractivity contribution in [3.05, 3.63) is 11.8 Å². The summed E-state index contributed by atoms with van der Waals surface area (Å²) in [5, 5.41) is 4.45. The molecule has 2 atom stereocenters. The van der Waals surface area contributed by atoms with Gasteiger partial charge in [-0.25, -0.2) is 9.67 Å². The molecule has 1 aromatic rings. The van der Waals surface area contributed by atoms with Crippen LogP contribution in [0.5, 0.6) is 0 Å². The number of esters is 1. The zero-order chi connectivity index (χ0) is 18.7. The van der Waals surface area contributed by atoms with Gasteiger partial charge in [-0.3, -0.25) is 9.59 Å². The van der Waals surface area contributed by atoms with Crippen molar-refractivity contribution in [2.24, 2.45) is 16.8 Å². The first-order valence-electron chi connectivity index (χ1n) is 9.93. The van der Waals surface area contributed by atoms with E-state index in [0.29, 0.717) is 24.4 Å². The van der Waals surface area contributed by atoms with E-state index in [1.165, 1.54) is 0 Å². The summed E-state index contributed by atoms with van der Waals surface area (Å²) in [5.74, 6) is 0.809. The van der Waals surface area contributed by atoms with Crippen LogP contribution in [0.1, 0.15) is 82.1 Å². The van der Waals surface area contributed by atoms with Gasteiger partial charge in [-0.2, -0.15) is 5.10 Å². The lowest BCUT2D eigenvalue weighted by Gasteiger charge is -2.30. The van der Waals surface area contributed by atoms with Crippen LogP contribution in [-0.2, 0) is 9.53 Å². The number of aromatic nitrogens is 2. The predicted octanol–water partition coefficient (Wildman–Crippen LogP) is 4.27. The molecule has 1 aromatic heterocycles. The topological polar surface area (TPSA) is 73.5 Å². The van der Waals surface area contributed by atoms with Crippen molar-refractivity contribution in [2.45, 2.75) is 71.8 Å². The second-order valence-electron chi connectivity index (χ2n) is 7.31. The summed E-state index contributed by atoms with van der Waals surface area (Å²) in [6, 6.07) is 0.258. The summed E-state index contributed by atoms with van der Waals surface area (Å²) in [7, 11) is 0. The maximum absolute atomic E-state index is 12.6. The second kappa shape index (κ2) is 8.14. The zero-order valence-electron chi connectivity index (χ0n) is 16.0. The van der Waals surface area contributed by atoms with Crippen LogP contribution in [0, 0.1) is 11.8 Å². The molecule has 0 spiro atoms. The Kier molecular flexibility index (Phi) is 5.89. The van der Waals surface area contributed by atoms with E-state index in [1.54, 1.807) is 6.20 Å². The Morgan fingerprint density at radius 1 is 1.31 bits per heavy atom. The lowest BCUT2D eigenvalue weighted by molar-refractivity contribution is -0.149. The molecule has 6 heteroatoms. The highest BCUT2D eigenvalue weighted by Crippen LogP contribution is 2.37. The molecule has 2 heterocycles. The van der Waals surface area contributed by atoms with E-state index >= 15 is 0 Å². The number of hydrogen-bond donors (Lipinski definition) is 0. The molecule has 0 bridgehead atoms. The predicted molar refractivity (Wildman–Crippen MR) is 100.0 cm³/mol. The van der Waals surface area contributed by atoms with Crippen molar-refractivity contribution in [1.82, 2.24) is 9.78 Å². The Hall–Kier alpha value is -1.98. The fourth-order valence-electron chi connectivity index (χ4n) is 4.20. The van der Waals surface area contributed by atoms with Crippen LogP contribution >= 0.6 is 0 Å². The maximum Gasteiger partial charge on any atom is 0.308 e. The lowest BCUT2D eigenvalue weighted by atomic mass is 9.77. The number of carbonyl (C=O) groups is 2. The van der Waals surface area contributed by atoms with Crippen molar-refractivity contribution in [3.63, 3.8) is 0 Å². The number of nitrogens with zero attached hydrogens (tertiary/aromatic N) is 3. The summed E-state index contributed by atoms with van der Waals surface area (Å²) in [5.41, 5.74) is 1.56. The van der Waals surface area contributed by atoms with E-state index in [0.717, 1.165) is 44.2 Å². The number of aliphatic imine (C=N–C) groups is 1. The number of ether oxygens (including phenoxy) is 1. The van der Waals surface area contributed by atoms with Gasteiger partial charge in [-0.1, -0.05) is 20.3 Å². The monoisotopic (exact) mass is 359 g/mol. The quantitative estimate of drug-likeness (QED) is 0.711. The Bertz CT molecular complexity index is 703. The van der Waals surface area contributed by atoms with Gasteiger partial charge in [0.25, 0.3) is 0 Å². The normalized spacial score (nSPS) is 22.9. The second-order valence-corrected chi connectivity index (χ2v) is 7.31. The van der Waals surface area contributed by atoms with Gasteiger partial charge in [0.05, 0.1) is 36.7 Å². The van der Waals surface area contributed by atoms with Crippen molar-refractivity contribution in [3.8, 4) is 0 Å². The molecule has 1 aliphatic heterocycles. The lowest BCUT2D eigenvalue weighted by Crippen LogP contribution is -2.30. The van der Waals surface area contributed by atoms with Crippen LogP contribution in [0.3, 0.4) is 0 Å². The summed E-state index contributed by atoms with van der Waals surface area (Å²) < 4.78 is 7.12. The summed E-state index contributed by atoms with van der Waals surface area (Å²) in [6.45, 7) is 6.51. The largest absolute Gasteiger partial charge is 0.466 e. The molecule has 142 valence electrons. The van der Waals surface area contributed by atoms with E-state index in [4.69, 9.17) is 9.73 Å². The molecular formula is C20H29N3O3. The first-order valence-corrected chi connectivity index (χ1v) is 9.93. The first kappa shape index (κ1) is 18.8. The molecule has 0 saturated heterocycles. The fourth-order valence-corrected chi connectivity index (χ4v) is 4.20. The molecule has 0 amide bonds. The van der Waals surface area contributed by atoms with Crippen LogP contribution in [0.25, 0.3) is 0 Å². The third-order valence-corrected chi connectivity index (χ3v) is 5.71. The Morgan fingerprint density at radius 2 is 2.08 bits per heavy atom. The maximum atomic E-state index is 12.6. The Balaban J connectivity index is 1.85. The number of hydrogen-bond acceptors (Lipinski definition) is 5. The van der Waals surface area contributed by atoms with E-state index in [1.807, 2.05) is 11.6 Å². The molecule has 1 aliphatic carbocycles. The van der Waals surface area contributed by atoms with Crippen LogP contribution < -0.4 is 0 Å². The van der Waals surface area contributed by atoms with Crippen LogP contribution in [0.2, 0.25) is 0 Å². The SMILES string of the molecule is CCOC(=O)C1CCCC(C2=Nc3c(cnn3C(CC)CC)C(=O)C2)C1. The first-order chi connectivity index (χ1) is 12.6. The van der Waals surface area contributed by atoms with Crippen LogP contribution in [0.15, 0.2) is 11.2 Å². The molecule has 1 saturated carbocycles. The minimum Gasteiger partial charge on any atom is -0.466 e. The van der Waals surface area contributed by atoms with Crippen molar-refractivity contribution >= 4 is 23.3 Å².